The molecule has 2 aromatic carbocycles. The highest BCUT2D eigenvalue weighted by Crippen LogP contribution is 2.47. The normalized spacial score (nSPS) is 17.9. The molecule has 7 heteroatoms. The lowest BCUT2D eigenvalue weighted by molar-refractivity contribution is -0.157. The molecule has 1 heterocycles. The van der Waals surface area contributed by atoms with Gasteiger partial charge < -0.3 is 14.4 Å². The van der Waals surface area contributed by atoms with E-state index >= 15 is 0 Å². The van der Waals surface area contributed by atoms with E-state index in [0.29, 0.717) is 31.0 Å². The van der Waals surface area contributed by atoms with E-state index in [9.17, 15) is 18.8 Å². The summed E-state index contributed by atoms with van der Waals surface area (Å²) in [5.41, 5.74) is 2.54. The molecule has 1 amide bonds. The average molecular weight is 454 g/mol. The molecule has 1 saturated heterocycles. The van der Waals surface area contributed by atoms with Gasteiger partial charge in [0, 0.05) is 43.5 Å². The number of hydrogen-bond donors (Lipinski definition) is 0. The van der Waals surface area contributed by atoms with Gasteiger partial charge in [0.15, 0.2) is 0 Å². The number of ether oxygens (including phenoxy) is 2. The SMILES string of the molecule is CCOCC(=O)N1CC2(CC(=O)C(c3c(C)cc(-c4ccc(F)cc4)cc3OC)C(=O)C2)C1. The van der Waals surface area contributed by atoms with E-state index < -0.39 is 11.3 Å². The van der Waals surface area contributed by atoms with E-state index in [0.717, 1.165) is 16.7 Å². The first kappa shape index (κ1) is 23.1. The van der Waals surface area contributed by atoms with Crippen molar-refractivity contribution in [2.45, 2.75) is 32.6 Å². The number of carbonyl (C=O) groups is 3. The molecule has 1 aliphatic heterocycles. The molecule has 0 bridgehead atoms. The van der Waals surface area contributed by atoms with Gasteiger partial charge in [0.1, 0.15) is 35.7 Å². The summed E-state index contributed by atoms with van der Waals surface area (Å²) in [6, 6.07) is 9.82. The van der Waals surface area contributed by atoms with Crippen LogP contribution in [0.25, 0.3) is 11.1 Å². The van der Waals surface area contributed by atoms with Gasteiger partial charge in [0.05, 0.1) is 7.11 Å². The van der Waals surface area contributed by atoms with Crippen molar-refractivity contribution < 1.29 is 28.2 Å². The van der Waals surface area contributed by atoms with Gasteiger partial charge >= 0.3 is 0 Å². The lowest BCUT2D eigenvalue weighted by atomic mass is 9.63. The Balaban J connectivity index is 1.55. The van der Waals surface area contributed by atoms with E-state index in [1.807, 2.05) is 19.9 Å². The Labute approximate surface area is 192 Å². The minimum Gasteiger partial charge on any atom is -0.496 e. The number of aryl methyl sites for hydroxylation is 1. The molecule has 0 radical (unpaired) electrons. The summed E-state index contributed by atoms with van der Waals surface area (Å²) in [5, 5.41) is 0. The lowest BCUT2D eigenvalue weighted by Crippen LogP contribution is -2.62. The van der Waals surface area contributed by atoms with Crippen LogP contribution in [-0.4, -0.2) is 55.8 Å². The summed E-state index contributed by atoms with van der Waals surface area (Å²) in [6.07, 6.45) is 0.508. The molecule has 2 fully saturated rings. The fourth-order valence-electron chi connectivity index (χ4n) is 5.07. The summed E-state index contributed by atoms with van der Waals surface area (Å²) < 4.78 is 24.1. The quantitative estimate of drug-likeness (QED) is 0.624. The number of benzene rings is 2. The van der Waals surface area contributed by atoms with Crippen molar-refractivity contribution in [1.29, 1.82) is 0 Å². The monoisotopic (exact) mass is 453 g/mol. The highest BCUT2D eigenvalue weighted by molar-refractivity contribution is 6.11. The van der Waals surface area contributed by atoms with Crippen LogP contribution < -0.4 is 4.74 Å². The number of rotatable bonds is 6. The van der Waals surface area contributed by atoms with Crippen molar-refractivity contribution in [3.05, 3.63) is 53.3 Å². The number of Topliss-reactive ketones (excluding diaryl/α,β-unsaturated/α-hetero) is 2. The van der Waals surface area contributed by atoms with E-state index in [2.05, 4.69) is 0 Å². The van der Waals surface area contributed by atoms with E-state index in [1.165, 1.54) is 19.2 Å². The predicted octanol–water partition coefficient (Wildman–Crippen LogP) is 3.69. The molecule has 1 saturated carbocycles. The second kappa shape index (κ2) is 9.06. The maximum absolute atomic E-state index is 13.3. The number of hydrogen-bond acceptors (Lipinski definition) is 5. The standard InChI is InChI=1S/C26H28FNO5/c1-4-33-13-23(31)28-14-26(15-28)11-20(29)25(21(30)12-26)24-16(2)9-18(10-22(24)32-3)17-5-7-19(27)8-6-17/h5-10,25H,4,11-15H2,1-3H3. The third kappa shape index (κ3) is 4.42. The van der Waals surface area contributed by atoms with Gasteiger partial charge in [0.25, 0.3) is 0 Å². The fraction of sp³-hybridized carbons (Fsp3) is 0.423. The number of ketones is 2. The summed E-state index contributed by atoms with van der Waals surface area (Å²) in [5.74, 6) is -1.11. The number of amides is 1. The first-order chi connectivity index (χ1) is 15.8. The smallest absolute Gasteiger partial charge is 0.248 e. The molecule has 0 unspecified atom stereocenters. The molecular formula is C26H28FNO5. The van der Waals surface area contributed by atoms with Crippen LogP contribution >= 0.6 is 0 Å². The zero-order valence-corrected chi connectivity index (χ0v) is 19.2. The van der Waals surface area contributed by atoms with Gasteiger partial charge in [-0.3, -0.25) is 14.4 Å². The first-order valence-corrected chi connectivity index (χ1v) is 11.1. The summed E-state index contributed by atoms with van der Waals surface area (Å²) >= 11 is 0. The zero-order chi connectivity index (χ0) is 23.8. The number of methoxy groups -OCH3 is 1. The number of carbonyl (C=O) groups excluding carboxylic acids is 3. The Morgan fingerprint density at radius 1 is 1.09 bits per heavy atom. The number of halogens is 1. The summed E-state index contributed by atoms with van der Waals surface area (Å²) in [7, 11) is 1.51. The molecule has 0 N–H and O–H groups in total. The highest BCUT2D eigenvalue weighted by Gasteiger charge is 2.53. The highest BCUT2D eigenvalue weighted by atomic mass is 19.1. The van der Waals surface area contributed by atoms with E-state index in [-0.39, 0.29) is 42.7 Å². The van der Waals surface area contributed by atoms with Crippen molar-refractivity contribution in [3.8, 4) is 16.9 Å². The average Bonchev–Trinajstić information content (AvgIpc) is 2.76. The number of nitrogens with zero attached hydrogens (tertiary/aromatic N) is 1. The third-order valence-corrected chi connectivity index (χ3v) is 6.61. The molecule has 2 aromatic rings. The van der Waals surface area contributed by atoms with Crippen molar-refractivity contribution in [1.82, 2.24) is 4.90 Å². The van der Waals surface area contributed by atoms with Crippen LogP contribution in [0.1, 0.15) is 36.8 Å². The Kier molecular flexibility index (Phi) is 6.34. The van der Waals surface area contributed by atoms with Gasteiger partial charge in [-0.25, -0.2) is 4.39 Å². The van der Waals surface area contributed by atoms with Gasteiger partial charge in [-0.1, -0.05) is 18.2 Å². The van der Waals surface area contributed by atoms with Gasteiger partial charge in [-0.2, -0.15) is 0 Å². The van der Waals surface area contributed by atoms with Crippen molar-refractivity contribution >= 4 is 17.5 Å². The van der Waals surface area contributed by atoms with Crippen molar-refractivity contribution in [3.63, 3.8) is 0 Å². The Morgan fingerprint density at radius 2 is 1.73 bits per heavy atom. The molecule has 174 valence electrons. The zero-order valence-electron chi connectivity index (χ0n) is 19.2. The van der Waals surface area contributed by atoms with E-state index in [1.54, 1.807) is 23.1 Å². The van der Waals surface area contributed by atoms with Crippen LogP contribution in [0, 0.1) is 18.2 Å². The maximum Gasteiger partial charge on any atom is 0.248 e. The Morgan fingerprint density at radius 3 is 2.30 bits per heavy atom. The summed E-state index contributed by atoms with van der Waals surface area (Å²) in [6.45, 7) is 4.98. The minimum atomic E-state index is -0.874. The van der Waals surface area contributed by atoms with Crippen LogP contribution in [-0.2, 0) is 19.1 Å². The maximum atomic E-state index is 13.3. The topological polar surface area (TPSA) is 72.9 Å². The van der Waals surface area contributed by atoms with Gasteiger partial charge in [0.2, 0.25) is 5.91 Å². The lowest BCUT2D eigenvalue weighted by Gasteiger charge is -2.52. The molecule has 0 aromatic heterocycles. The van der Waals surface area contributed by atoms with E-state index in [4.69, 9.17) is 9.47 Å². The fourth-order valence-corrected chi connectivity index (χ4v) is 5.07. The second-order valence-electron chi connectivity index (χ2n) is 9.02. The molecule has 1 aliphatic carbocycles. The summed E-state index contributed by atoms with van der Waals surface area (Å²) in [4.78, 5) is 40.3. The van der Waals surface area contributed by atoms with Gasteiger partial charge in [-0.05, 0) is 48.7 Å². The molecule has 0 atom stereocenters. The predicted molar refractivity (Wildman–Crippen MR) is 121 cm³/mol. The third-order valence-electron chi connectivity index (χ3n) is 6.61. The van der Waals surface area contributed by atoms with Crippen molar-refractivity contribution in [2.24, 2.45) is 5.41 Å². The second-order valence-corrected chi connectivity index (χ2v) is 9.02. The first-order valence-electron chi connectivity index (χ1n) is 11.1. The molecule has 1 spiro atoms. The van der Waals surface area contributed by atoms with Crippen LogP contribution in [0.5, 0.6) is 5.75 Å². The van der Waals surface area contributed by atoms with Crippen molar-refractivity contribution in [2.75, 3.05) is 33.4 Å². The molecule has 4 rings (SSSR count). The molecule has 2 aliphatic rings. The van der Waals surface area contributed by atoms with Crippen LogP contribution in [0.2, 0.25) is 0 Å². The van der Waals surface area contributed by atoms with Gasteiger partial charge in [-0.15, -0.1) is 0 Å². The Hall–Kier alpha value is -3.06. The number of likely N-dealkylation sites (tertiary alicyclic amines) is 1. The molecule has 33 heavy (non-hydrogen) atoms. The minimum absolute atomic E-state index is 0.0217. The van der Waals surface area contributed by atoms with Crippen LogP contribution in [0.4, 0.5) is 4.39 Å². The van der Waals surface area contributed by atoms with Crippen LogP contribution in [0.15, 0.2) is 36.4 Å². The molecular weight excluding hydrogens is 425 g/mol. The van der Waals surface area contributed by atoms with Crippen LogP contribution in [0.3, 0.4) is 0 Å². The molecule has 6 nitrogen and oxygen atoms in total. The largest absolute Gasteiger partial charge is 0.496 e. The Bertz CT molecular complexity index is 1070.